The largest absolute Gasteiger partial charge is 0.329 e. The first-order chi connectivity index (χ1) is 11.9. The van der Waals surface area contributed by atoms with Crippen LogP contribution in [0.5, 0.6) is 0 Å². The van der Waals surface area contributed by atoms with Crippen molar-refractivity contribution in [3.63, 3.8) is 0 Å². The second kappa shape index (κ2) is 8.78. The van der Waals surface area contributed by atoms with E-state index in [9.17, 15) is 14.4 Å². The molecule has 0 radical (unpaired) electrons. The minimum atomic E-state index is -0.438. The SMILES string of the molecule is CC(=O)CCCCCCCCCc1nc2c(c(=O)[nH]c(=O)n2C)n1C. The molecule has 2 aromatic heterocycles. The van der Waals surface area contributed by atoms with Crippen LogP contribution < -0.4 is 11.2 Å². The number of hydrogen-bond donors (Lipinski definition) is 1. The van der Waals surface area contributed by atoms with Gasteiger partial charge in [0.15, 0.2) is 11.2 Å². The highest BCUT2D eigenvalue weighted by Crippen LogP contribution is 2.13. The number of aromatic amines is 1. The van der Waals surface area contributed by atoms with Gasteiger partial charge >= 0.3 is 5.69 Å². The predicted molar refractivity (Wildman–Crippen MR) is 97.9 cm³/mol. The Morgan fingerprint density at radius 2 is 1.56 bits per heavy atom. The number of nitrogens with zero attached hydrogens (tertiary/aromatic N) is 3. The van der Waals surface area contributed by atoms with Gasteiger partial charge in [-0.15, -0.1) is 0 Å². The van der Waals surface area contributed by atoms with E-state index in [-0.39, 0.29) is 11.3 Å². The minimum absolute atomic E-state index is 0.277. The van der Waals surface area contributed by atoms with Crippen molar-refractivity contribution in [3.8, 4) is 0 Å². The van der Waals surface area contributed by atoms with Crippen LogP contribution in [0.15, 0.2) is 9.59 Å². The van der Waals surface area contributed by atoms with Gasteiger partial charge in [-0.1, -0.05) is 32.1 Å². The van der Waals surface area contributed by atoms with E-state index >= 15 is 0 Å². The van der Waals surface area contributed by atoms with Gasteiger partial charge in [0.1, 0.15) is 11.6 Å². The van der Waals surface area contributed by atoms with Crippen molar-refractivity contribution in [3.05, 3.63) is 26.7 Å². The number of imidazole rings is 1. The Kier molecular flexibility index (Phi) is 6.73. The third-order valence-corrected chi connectivity index (χ3v) is 4.66. The first-order valence-electron chi connectivity index (χ1n) is 9.06. The summed E-state index contributed by atoms with van der Waals surface area (Å²) in [5, 5.41) is 0. The van der Waals surface area contributed by atoms with Crippen LogP contribution in [-0.2, 0) is 25.3 Å². The van der Waals surface area contributed by atoms with Crippen LogP contribution in [0.4, 0.5) is 0 Å². The third kappa shape index (κ3) is 4.90. The van der Waals surface area contributed by atoms with E-state index in [2.05, 4.69) is 9.97 Å². The number of aryl methyl sites for hydroxylation is 3. The lowest BCUT2D eigenvalue weighted by atomic mass is 10.1. The first-order valence-corrected chi connectivity index (χ1v) is 9.06. The lowest BCUT2D eigenvalue weighted by molar-refractivity contribution is -0.117. The van der Waals surface area contributed by atoms with Crippen molar-refractivity contribution in [1.82, 2.24) is 19.1 Å². The number of Topliss-reactive ketones (excluding diaryl/α,β-unsaturated/α-hetero) is 1. The molecule has 1 N–H and O–H groups in total. The summed E-state index contributed by atoms with van der Waals surface area (Å²) in [4.78, 5) is 41.3. The van der Waals surface area contributed by atoms with E-state index in [1.165, 1.54) is 23.8 Å². The van der Waals surface area contributed by atoms with E-state index in [4.69, 9.17) is 0 Å². The molecule has 0 amide bonds. The van der Waals surface area contributed by atoms with E-state index < -0.39 is 5.69 Å². The lowest BCUT2D eigenvalue weighted by Gasteiger charge is -2.03. The quantitative estimate of drug-likeness (QED) is 0.667. The average molecular weight is 348 g/mol. The number of nitrogens with one attached hydrogen (secondary N) is 1. The molecule has 0 atom stereocenters. The molecule has 2 rings (SSSR count). The molecule has 25 heavy (non-hydrogen) atoms. The average Bonchev–Trinajstić information content (AvgIpc) is 2.88. The van der Waals surface area contributed by atoms with Crippen molar-refractivity contribution in [2.24, 2.45) is 14.1 Å². The molecule has 0 aliphatic carbocycles. The summed E-state index contributed by atoms with van der Waals surface area (Å²) in [6.07, 6.45) is 9.29. The Bertz CT molecular complexity index is 844. The van der Waals surface area contributed by atoms with E-state index in [0.717, 1.165) is 37.9 Å². The minimum Gasteiger partial charge on any atom is -0.325 e. The number of fused-ring (bicyclic) bond motifs is 1. The third-order valence-electron chi connectivity index (χ3n) is 4.66. The summed E-state index contributed by atoms with van der Waals surface area (Å²) < 4.78 is 3.16. The predicted octanol–water partition coefficient (Wildman–Crippen LogP) is 2.21. The Hall–Kier alpha value is -2.18. The van der Waals surface area contributed by atoms with Gasteiger partial charge in [0.05, 0.1) is 0 Å². The summed E-state index contributed by atoms with van der Waals surface area (Å²) in [6.45, 7) is 1.65. The van der Waals surface area contributed by atoms with Gasteiger partial charge in [-0.25, -0.2) is 9.78 Å². The van der Waals surface area contributed by atoms with Crippen LogP contribution in [-0.4, -0.2) is 24.9 Å². The Labute approximate surface area is 147 Å². The Morgan fingerprint density at radius 3 is 2.20 bits per heavy atom. The van der Waals surface area contributed by atoms with Crippen molar-refractivity contribution in [2.75, 3.05) is 0 Å². The number of H-pyrrole nitrogens is 1. The number of hydrogen-bond acceptors (Lipinski definition) is 4. The standard InChI is InChI=1S/C18H28N4O3/c1-13(23)11-9-7-5-4-6-8-10-12-14-19-16-15(21(14)2)17(24)20-18(25)22(16)3/h4-12H2,1-3H3,(H,20,24,25). The molecule has 0 aromatic carbocycles. The molecule has 0 bridgehead atoms. The summed E-state index contributed by atoms with van der Waals surface area (Å²) in [5.74, 6) is 1.11. The second-order valence-corrected chi connectivity index (χ2v) is 6.75. The molecule has 0 saturated carbocycles. The Morgan fingerprint density at radius 1 is 0.960 bits per heavy atom. The number of unbranched alkanes of at least 4 members (excludes halogenated alkanes) is 6. The molecule has 138 valence electrons. The van der Waals surface area contributed by atoms with Gasteiger partial charge in [0.2, 0.25) is 0 Å². The number of ketones is 1. The van der Waals surface area contributed by atoms with Crippen molar-refractivity contribution in [2.45, 2.75) is 64.7 Å². The van der Waals surface area contributed by atoms with Gasteiger partial charge in [-0.3, -0.25) is 14.3 Å². The number of carbonyl (C=O) groups excluding carboxylic acids is 1. The lowest BCUT2D eigenvalue weighted by Crippen LogP contribution is -2.29. The van der Waals surface area contributed by atoms with Crippen LogP contribution in [0.1, 0.15) is 64.1 Å². The molecule has 7 nitrogen and oxygen atoms in total. The molecule has 0 spiro atoms. The summed E-state index contributed by atoms with van der Waals surface area (Å²) in [5.41, 5.74) is 0.0659. The second-order valence-electron chi connectivity index (χ2n) is 6.75. The zero-order valence-electron chi connectivity index (χ0n) is 15.4. The van der Waals surface area contributed by atoms with Crippen molar-refractivity contribution in [1.29, 1.82) is 0 Å². The highest BCUT2D eigenvalue weighted by Gasteiger charge is 2.14. The van der Waals surface area contributed by atoms with Gasteiger partial charge in [0.25, 0.3) is 5.56 Å². The molecule has 2 heterocycles. The van der Waals surface area contributed by atoms with Crippen LogP contribution in [0.25, 0.3) is 11.2 Å². The number of carbonyl (C=O) groups is 1. The van der Waals surface area contributed by atoms with Gasteiger partial charge in [0, 0.05) is 26.9 Å². The van der Waals surface area contributed by atoms with Crippen LogP contribution in [0.2, 0.25) is 0 Å². The van der Waals surface area contributed by atoms with Crippen LogP contribution in [0.3, 0.4) is 0 Å². The van der Waals surface area contributed by atoms with Crippen molar-refractivity contribution >= 4 is 16.9 Å². The smallest absolute Gasteiger partial charge is 0.325 e. The van der Waals surface area contributed by atoms with E-state index in [0.29, 0.717) is 17.6 Å². The van der Waals surface area contributed by atoms with Gasteiger partial charge in [-0.05, 0) is 19.8 Å². The molecule has 0 saturated heterocycles. The monoisotopic (exact) mass is 348 g/mol. The number of aromatic nitrogens is 4. The van der Waals surface area contributed by atoms with Gasteiger partial charge < -0.3 is 9.36 Å². The summed E-state index contributed by atoms with van der Waals surface area (Å²) in [6, 6.07) is 0. The molecule has 0 aliphatic rings. The first kappa shape index (κ1) is 19.1. The fraction of sp³-hybridized carbons (Fsp3) is 0.667. The van der Waals surface area contributed by atoms with Crippen molar-refractivity contribution < 1.29 is 4.79 Å². The highest BCUT2D eigenvalue weighted by atomic mass is 16.2. The fourth-order valence-electron chi connectivity index (χ4n) is 3.12. The maximum Gasteiger partial charge on any atom is 0.329 e. The maximum absolute atomic E-state index is 12.0. The topological polar surface area (TPSA) is 89.8 Å². The molecular formula is C18H28N4O3. The normalized spacial score (nSPS) is 11.3. The number of rotatable bonds is 10. The van der Waals surface area contributed by atoms with E-state index in [1.54, 1.807) is 18.5 Å². The summed E-state index contributed by atoms with van der Waals surface area (Å²) in [7, 11) is 3.43. The van der Waals surface area contributed by atoms with E-state index in [1.807, 2.05) is 7.05 Å². The molecule has 7 heteroatoms. The van der Waals surface area contributed by atoms with Gasteiger partial charge in [-0.2, -0.15) is 0 Å². The highest BCUT2D eigenvalue weighted by molar-refractivity contribution is 5.75. The molecule has 0 aliphatic heterocycles. The fourth-order valence-corrected chi connectivity index (χ4v) is 3.12. The molecule has 0 fully saturated rings. The zero-order chi connectivity index (χ0) is 18.4. The summed E-state index contributed by atoms with van der Waals surface area (Å²) >= 11 is 0. The van der Waals surface area contributed by atoms with Crippen LogP contribution in [0, 0.1) is 0 Å². The zero-order valence-corrected chi connectivity index (χ0v) is 15.4. The molecular weight excluding hydrogens is 320 g/mol. The molecule has 0 unspecified atom stereocenters. The Balaban J connectivity index is 1.80. The molecule has 2 aromatic rings. The maximum atomic E-state index is 12.0. The van der Waals surface area contributed by atoms with Crippen LogP contribution >= 0.6 is 0 Å².